The first-order valence-corrected chi connectivity index (χ1v) is 7.00. The third kappa shape index (κ3) is 3.60. The van der Waals surface area contributed by atoms with Gasteiger partial charge in [-0.1, -0.05) is 18.2 Å². The number of benzene rings is 1. The topological polar surface area (TPSA) is 29.5 Å². The van der Waals surface area contributed by atoms with Gasteiger partial charge in [0.05, 0.1) is 0 Å². The van der Waals surface area contributed by atoms with Gasteiger partial charge in [-0.3, -0.25) is 4.79 Å². The summed E-state index contributed by atoms with van der Waals surface area (Å²) in [5.74, 6) is -0.301. The van der Waals surface area contributed by atoms with Crippen LogP contribution in [-0.4, -0.2) is 30.5 Å². The molecule has 0 aromatic heterocycles. The fourth-order valence-electron chi connectivity index (χ4n) is 2.30. The van der Waals surface area contributed by atoms with Gasteiger partial charge in [0, 0.05) is 18.7 Å². The van der Waals surface area contributed by atoms with Gasteiger partial charge in [0.2, 0.25) is 5.91 Å². The molecule has 1 aliphatic heterocycles. The summed E-state index contributed by atoms with van der Waals surface area (Å²) in [7, 11) is 0. The van der Waals surface area contributed by atoms with Gasteiger partial charge in [-0.25, -0.2) is 0 Å². The van der Waals surface area contributed by atoms with Crippen LogP contribution >= 0.6 is 11.6 Å². The molecule has 1 atom stereocenters. The number of hydrogen-bond donors (Lipinski definition) is 0. The highest BCUT2D eigenvalue weighted by molar-refractivity contribution is 6.31. The number of carbonyl (C=O) groups excluding carboxylic acids is 1. The first kappa shape index (κ1) is 15.0. The molecule has 1 aromatic carbocycles. The van der Waals surface area contributed by atoms with E-state index < -0.39 is 12.0 Å². The molecule has 6 heteroatoms. The van der Waals surface area contributed by atoms with E-state index in [4.69, 9.17) is 11.6 Å². The van der Waals surface area contributed by atoms with Crippen molar-refractivity contribution in [1.82, 2.24) is 4.90 Å². The van der Waals surface area contributed by atoms with Crippen molar-refractivity contribution in [2.75, 3.05) is 13.1 Å². The summed E-state index contributed by atoms with van der Waals surface area (Å²) in [5, 5.41) is -0.997. The van der Waals surface area contributed by atoms with Crippen molar-refractivity contribution in [2.24, 2.45) is 0 Å². The van der Waals surface area contributed by atoms with Gasteiger partial charge in [0.1, 0.15) is 11.1 Å². The van der Waals surface area contributed by atoms with Crippen LogP contribution in [0.4, 0.5) is 8.78 Å². The van der Waals surface area contributed by atoms with Crippen LogP contribution in [-0.2, 0) is 4.79 Å². The Balaban J connectivity index is 2.15. The molecule has 110 valence electrons. The van der Waals surface area contributed by atoms with Crippen LogP contribution in [0.5, 0.6) is 5.75 Å². The molecule has 1 aromatic rings. The number of piperidine rings is 1. The smallest absolute Gasteiger partial charge is 0.387 e. The second-order valence-corrected chi connectivity index (χ2v) is 5.10. The largest absolute Gasteiger partial charge is 0.434 e. The van der Waals surface area contributed by atoms with E-state index in [1.165, 1.54) is 12.1 Å². The Labute approximate surface area is 121 Å². The molecule has 1 heterocycles. The van der Waals surface area contributed by atoms with E-state index in [-0.39, 0.29) is 17.2 Å². The van der Waals surface area contributed by atoms with Crippen LogP contribution in [0.2, 0.25) is 0 Å². The van der Waals surface area contributed by atoms with Crippen LogP contribution in [0, 0.1) is 0 Å². The SMILES string of the molecule is O=C(C(Cl)c1ccccc1OC(F)F)N1CCCCC1. The molecule has 1 amide bonds. The van der Waals surface area contributed by atoms with Crippen LogP contribution in [0.25, 0.3) is 0 Å². The van der Waals surface area contributed by atoms with E-state index in [2.05, 4.69) is 4.74 Å². The third-order valence-corrected chi connectivity index (χ3v) is 3.71. The fourth-order valence-corrected chi connectivity index (χ4v) is 2.62. The third-order valence-electron chi connectivity index (χ3n) is 3.29. The van der Waals surface area contributed by atoms with Crippen LogP contribution in [0.15, 0.2) is 24.3 Å². The summed E-state index contributed by atoms with van der Waals surface area (Å²) in [5.41, 5.74) is 0.282. The summed E-state index contributed by atoms with van der Waals surface area (Å²) in [6, 6.07) is 6.14. The van der Waals surface area contributed by atoms with Crippen molar-refractivity contribution in [1.29, 1.82) is 0 Å². The van der Waals surface area contributed by atoms with Crippen molar-refractivity contribution < 1.29 is 18.3 Å². The zero-order valence-corrected chi connectivity index (χ0v) is 11.7. The maximum Gasteiger partial charge on any atom is 0.387 e. The Morgan fingerprint density at radius 2 is 1.85 bits per heavy atom. The number of carbonyl (C=O) groups is 1. The Hall–Kier alpha value is -1.36. The maximum atomic E-state index is 12.4. The molecule has 1 aliphatic rings. The monoisotopic (exact) mass is 303 g/mol. The quantitative estimate of drug-likeness (QED) is 0.796. The predicted octanol–water partition coefficient (Wildman–Crippen LogP) is 3.58. The standard InChI is InChI=1S/C14H16ClF2NO2/c15-12(13(19)18-8-4-1-5-9-18)10-6-2-3-7-11(10)20-14(16)17/h2-3,6-7,12,14H,1,4-5,8-9H2. The number of amides is 1. The van der Waals surface area contributed by atoms with E-state index in [0.717, 1.165) is 19.3 Å². The van der Waals surface area contributed by atoms with Crippen LogP contribution in [0.1, 0.15) is 30.2 Å². The highest BCUT2D eigenvalue weighted by atomic mass is 35.5. The zero-order valence-electron chi connectivity index (χ0n) is 10.9. The van der Waals surface area contributed by atoms with Crippen LogP contribution < -0.4 is 4.74 Å². The lowest BCUT2D eigenvalue weighted by Crippen LogP contribution is -2.37. The van der Waals surface area contributed by atoms with E-state index in [9.17, 15) is 13.6 Å². The lowest BCUT2D eigenvalue weighted by molar-refractivity contribution is -0.131. The lowest BCUT2D eigenvalue weighted by atomic mass is 10.1. The molecule has 0 N–H and O–H groups in total. The maximum absolute atomic E-state index is 12.4. The van der Waals surface area contributed by atoms with E-state index in [1.54, 1.807) is 17.0 Å². The summed E-state index contributed by atoms with van der Waals surface area (Å²) < 4.78 is 29.1. The minimum Gasteiger partial charge on any atom is -0.434 e. The number of rotatable bonds is 4. The van der Waals surface area contributed by atoms with Gasteiger partial charge < -0.3 is 9.64 Å². The molecule has 1 unspecified atom stereocenters. The summed E-state index contributed by atoms with van der Waals surface area (Å²) >= 11 is 6.16. The second kappa shape index (κ2) is 6.88. The first-order valence-electron chi connectivity index (χ1n) is 6.56. The number of halogens is 3. The number of para-hydroxylation sites is 1. The van der Waals surface area contributed by atoms with Gasteiger partial charge in [-0.2, -0.15) is 8.78 Å². The second-order valence-electron chi connectivity index (χ2n) is 4.66. The Kier molecular flexibility index (Phi) is 5.17. The fraction of sp³-hybridized carbons (Fsp3) is 0.500. The first-order chi connectivity index (χ1) is 9.59. The number of ether oxygens (including phenoxy) is 1. The highest BCUT2D eigenvalue weighted by Crippen LogP contribution is 2.32. The highest BCUT2D eigenvalue weighted by Gasteiger charge is 2.27. The molecular weight excluding hydrogens is 288 g/mol. The van der Waals surface area contributed by atoms with E-state index in [1.807, 2.05) is 0 Å². The molecule has 0 radical (unpaired) electrons. The molecule has 0 saturated carbocycles. The van der Waals surface area contributed by atoms with Crippen molar-refractivity contribution in [3.63, 3.8) is 0 Å². The normalized spacial score (nSPS) is 17.1. The van der Waals surface area contributed by atoms with E-state index in [0.29, 0.717) is 13.1 Å². The molecule has 2 rings (SSSR count). The summed E-state index contributed by atoms with van der Waals surface area (Å²) in [4.78, 5) is 14.0. The summed E-state index contributed by atoms with van der Waals surface area (Å²) in [6.45, 7) is -1.61. The number of likely N-dealkylation sites (tertiary alicyclic amines) is 1. The molecule has 20 heavy (non-hydrogen) atoms. The van der Waals surface area contributed by atoms with Gasteiger partial charge in [0.25, 0.3) is 0 Å². The Morgan fingerprint density at radius 3 is 2.50 bits per heavy atom. The molecule has 0 bridgehead atoms. The van der Waals surface area contributed by atoms with Gasteiger partial charge in [-0.05, 0) is 25.3 Å². The molecular formula is C14H16ClF2NO2. The minimum atomic E-state index is -2.94. The van der Waals surface area contributed by atoms with Crippen LogP contribution in [0.3, 0.4) is 0 Å². The molecule has 0 spiro atoms. The molecule has 0 aliphatic carbocycles. The number of nitrogens with zero attached hydrogens (tertiary/aromatic N) is 1. The number of alkyl halides is 3. The average Bonchev–Trinajstić information content (AvgIpc) is 2.46. The lowest BCUT2D eigenvalue weighted by Gasteiger charge is -2.29. The van der Waals surface area contributed by atoms with Crippen molar-refractivity contribution in [2.45, 2.75) is 31.3 Å². The van der Waals surface area contributed by atoms with Crippen molar-refractivity contribution in [3.8, 4) is 5.75 Å². The van der Waals surface area contributed by atoms with Gasteiger partial charge in [0.15, 0.2) is 0 Å². The molecule has 1 fully saturated rings. The predicted molar refractivity (Wildman–Crippen MR) is 72.1 cm³/mol. The van der Waals surface area contributed by atoms with E-state index >= 15 is 0 Å². The Bertz CT molecular complexity index is 464. The molecule has 1 saturated heterocycles. The van der Waals surface area contributed by atoms with Gasteiger partial charge in [-0.15, -0.1) is 11.6 Å². The summed E-state index contributed by atoms with van der Waals surface area (Å²) in [6.07, 6.45) is 3.00. The minimum absolute atomic E-state index is 0.0483. The zero-order chi connectivity index (χ0) is 14.5. The van der Waals surface area contributed by atoms with Gasteiger partial charge >= 0.3 is 6.61 Å². The average molecular weight is 304 g/mol. The van der Waals surface area contributed by atoms with Crippen molar-refractivity contribution in [3.05, 3.63) is 29.8 Å². The Morgan fingerprint density at radius 1 is 1.20 bits per heavy atom. The molecule has 3 nitrogen and oxygen atoms in total. The van der Waals surface area contributed by atoms with Crippen molar-refractivity contribution >= 4 is 17.5 Å². The number of hydrogen-bond acceptors (Lipinski definition) is 2.